The van der Waals surface area contributed by atoms with Crippen LogP contribution in [-0.2, 0) is 10.0 Å². The fourth-order valence-electron chi connectivity index (χ4n) is 2.32. The highest BCUT2D eigenvalue weighted by Crippen LogP contribution is 2.15. The van der Waals surface area contributed by atoms with Crippen LogP contribution in [0.25, 0.3) is 0 Å². The summed E-state index contributed by atoms with van der Waals surface area (Å²) in [7, 11) is -2.15. The highest BCUT2D eigenvalue weighted by Gasteiger charge is 2.14. The van der Waals surface area contributed by atoms with Gasteiger partial charge in [0.1, 0.15) is 11.6 Å². The third-order valence-corrected chi connectivity index (χ3v) is 4.98. The molecule has 0 aliphatic carbocycles. The van der Waals surface area contributed by atoms with Gasteiger partial charge in [0.15, 0.2) is 0 Å². The fraction of sp³-hybridized carbons (Fsp3) is 0.0500. The number of hydrogen-bond donors (Lipinski definition) is 2. The minimum Gasteiger partial charge on any atom is -0.497 e. The average molecular weight is 381 g/mol. The summed E-state index contributed by atoms with van der Waals surface area (Å²) in [6.45, 7) is 0. The van der Waals surface area contributed by atoms with Gasteiger partial charge in [-0.15, -0.1) is 4.83 Å². The first-order valence-corrected chi connectivity index (χ1v) is 9.68. The van der Waals surface area contributed by atoms with Gasteiger partial charge in [-0.1, -0.05) is 36.4 Å². The van der Waals surface area contributed by atoms with E-state index in [0.717, 1.165) is 0 Å². The Morgan fingerprint density at radius 3 is 2.04 bits per heavy atom. The Kier molecular flexibility index (Phi) is 5.85. The maximum Gasteiger partial charge on any atom is 0.257 e. The molecule has 3 rings (SSSR count). The second kappa shape index (κ2) is 8.48. The van der Waals surface area contributed by atoms with E-state index in [9.17, 15) is 8.42 Å². The van der Waals surface area contributed by atoms with Crippen molar-refractivity contribution in [1.29, 1.82) is 0 Å². The monoisotopic (exact) mass is 381 g/mol. The molecule has 0 bridgehead atoms. The number of hydrazine groups is 1. The lowest BCUT2D eigenvalue weighted by Gasteiger charge is -2.13. The number of nitrogens with one attached hydrogen (secondary N) is 2. The number of aliphatic imine (C=N–C) groups is 1. The zero-order valence-corrected chi connectivity index (χ0v) is 15.5. The zero-order chi connectivity index (χ0) is 19.1. The third kappa shape index (κ3) is 4.93. The molecule has 0 radical (unpaired) electrons. The number of methoxy groups -OCH3 is 1. The maximum atomic E-state index is 12.5. The van der Waals surface area contributed by atoms with Gasteiger partial charge in [0.2, 0.25) is 0 Å². The number of ether oxygens (including phenoxy) is 1. The number of nitrogens with zero attached hydrogens (tertiary/aromatic N) is 1. The highest BCUT2D eigenvalue weighted by molar-refractivity contribution is 7.89. The molecule has 0 fully saturated rings. The lowest BCUT2D eigenvalue weighted by atomic mass is 10.2. The van der Waals surface area contributed by atoms with Crippen molar-refractivity contribution in [3.8, 4) is 5.75 Å². The van der Waals surface area contributed by atoms with E-state index in [1.165, 1.54) is 12.1 Å². The predicted octanol–water partition coefficient (Wildman–Crippen LogP) is 3.26. The molecule has 2 N–H and O–H groups in total. The van der Waals surface area contributed by atoms with Crippen molar-refractivity contribution in [2.24, 2.45) is 4.99 Å². The van der Waals surface area contributed by atoms with E-state index in [1.807, 2.05) is 30.3 Å². The minimum atomic E-state index is -3.74. The molecule has 0 atom stereocenters. The molecule has 3 aromatic carbocycles. The quantitative estimate of drug-likeness (QED) is 0.390. The Labute approximate surface area is 158 Å². The van der Waals surface area contributed by atoms with E-state index < -0.39 is 10.0 Å². The van der Waals surface area contributed by atoms with Crippen LogP contribution in [0, 0.1) is 0 Å². The molecule has 6 nitrogen and oxygen atoms in total. The summed E-state index contributed by atoms with van der Waals surface area (Å²) < 4.78 is 30.1. The van der Waals surface area contributed by atoms with Gasteiger partial charge in [-0.3, -0.25) is 5.43 Å². The van der Waals surface area contributed by atoms with Crippen molar-refractivity contribution in [2.75, 3.05) is 7.11 Å². The molecular formula is C20H19N3O3S. The van der Waals surface area contributed by atoms with E-state index in [2.05, 4.69) is 15.2 Å². The summed E-state index contributed by atoms with van der Waals surface area (Å²) in [5, 5.41) is 0. The van der Waals surface area contributed by atoms with E-state index in [-0.39, 0.29) is 4.90 Å². The first kappa shape index (κ1) is 18.6. The molecule has 3 aromatic rings. The van der Waals surface area contributed by atoms with Crippen LogP contribution in [0.2, 0.25) is 0 Å². The Balaban J connectivity index is 1.89. The van der Waals surface area contributed by atoms with Gasteiger partial charge >= 0.3 is 0 Å². The Morgan fingerprint density at radius 2 is 1.44 bits per heavy atom. The zero-order valence-electron chi connectivity index (χ0n) is 14.7. The largest absolute Gasteiger partial charge is 0.497 e. The molecule has 7 heteroatoms. The van der Waals surface area contributed by atoms with Crippen LogP contribution in [0.3, 0.4) is 0 Å². The van der Waals surface area contributed by atoms with Crippen molar-refractivity contribution < 1.29 is 13.2 Å². The summed E-state index contributed by atoms with van der Waals surface area (Å²) in [5.74, 6) is 1.06. The molecule has 0 amide bonds. The van der Waals surface area contributed by atoms with E-state index in [4.69, 9.17) is 4.74 Å². The van der Waals surface area contributed by atoms with Crippen molar-refractivity contribution in [1.82, 2.24) is 10.3 Å². The SMILES string of the molecule is COc1ccc(C(=Nc2ccccc2)NNS(=O)(=O)c2ccccc2)cc1. The van der Waals surface area contributed by atoms with Gasteiger partial charge in [-0.25, -0.2) is 13.4 Å². The second-order valence-corrected chi connectivity index (χ2v) is 7.25. The molecule has 0 aromatic heterocycles. The topological polar surface area (TPSA) is 79.8 Å². The molecule has 0 unspecified atom stereocenters. The first-order valence-electron chi connectivity index (χ1n) is 8.19. The van der Waals surface area contributed by atoms with Crippen LogP contribution in [0.15, 0.2) is 94.8 Å². The second-order valence-electron chi connectivity index (χ2n) is 5.57. The fourth-order valence-corrected chi connectivity index (χ4v) is 3.18. The Morgan fingerprint density at radius 1 is 0.852 bits per heavy atom. The van der Waals surface area contributed by atoms with E-state index >= 15 is 0 Å². The first-order chi connectivity index (χ1) is 13.1. The van der Waals surface area contributed by atoms with E-state index in [0.29, 0.717) is 22.8 Å². The van der Waals surface area contributed by atoms with Gasteiger partial charge in [0, 0.05) is 5.56 Å². The molecular weight excluding hydrogens is 362 g/mol. The van der Waals surface area contributed by atoms with Crippen molar-refractivity contribution in [2.45, 2.75) is 4.90 Å². The van der Waals surface area contributed by atoms with Gasteiger partial charge in [0.05, 0.1) is 17.7 Å². The average Bonchev–Trinajstić information content (AvgIpc) is 2.72. The number of para-hydroxylation sites is 1. The van der Waals surface area contributed by atoms with Gasteiger partial charge < -0.3 is 4.74 Å². The molecule has 27 heavy (non-hydrogen) atoms. The number of hydrogen-bond acceptors (Lipinski definition) is 4. The van der Waals surface area contributed by atoms with Crippen LogP contribution in [0.1, 0.15) is 5.56 Å². The van der Waals surface area contributed by atoms with Crippen molar-refractivity contribution >= 4 is 21.5 Å². The third-order valence-electron chi connectivity index (χ3n) is 3.72. The van der Waals surface area contributed by atoms with Gasteiger partial charge in [-0.2, -0.15) is 0 Å². The highest BCUT2D eigenvalue weighted by atomic mass is 32.2. The molecule has 0 heterocycles. The van der Waals surface area contributed by atoms with Crippen LogP contribution in [0.5, 0.6) is 5.75 Å². The smallest absolute Gasteiger partial charge is 0.257 e. The summed E-state index contributed by atoms with van der Waals surface area (Å²) in [6, 6.07) is 24.5. The molecule has 0 saturated carbocycles. The molecule has 0 aliphatic heterocycles. The van der Waals surface area contributed by atoms with Gasteiger partial charge in [-0.05, 0) is 48.5 Å². The van der Waals surface area contributed by atoms with E-state index in [1.54, 1.807) is 49.6 Å². The van der Waals surface area contributed by atoms with Gasteiger partial charge in [0.25, 0.3) is 10.0 Å². The van der Waals surface area contributed by atoms with Crippen molar-refractivity contribution in [3.63, 3.8) is 0 Å². The predicted molar refractivity (Wildman–Crippen MR) is 106 cm³/mol. The molecule has 138 valence electrons. The summed E-state index contributed by atoms with van der Waals surface area (Å²) in [5.41, 5.74) is 4.13. The van der Waals surface area contributed by atoms with Crippen LogP contribution in [-0.4, -0.2) is 21.4 Å². The number of rotatable bonds is 6. The minimum absolute atomic E-state index is 0.159. The molecule has 0 spiro atoms. The van der Waals surface area contributed by atoms with Crippen molar-refractivity contribution in [3.05, 3.63) is 90.5 Å². The van der Waals surface area contributed by atoms with Crippen LogP contribution >= 0.6 is 0 Å². The normalized spacial score (nSPS) is 11.8. The standard InChI is InChI=1S/C20H19N3O3S/c1-26-18-14-12-16(13-15-18)20(21-17-8-4-2-5-9-17)22-23-27(24,25)19-10-6-3-7-11-19/h2-15,23H,1H3,(H,21,22). The van der Waals surface area contributed by atoms with Crippen LogP contribution in [0.4, 0.5) is 5.69 Å². The number of amidine groups is 1. The Hall–Kier alpha value is -3.16. The Bertz CT molecular complexity index is 1000. The molecule has 0 aliphatic rings. The summed E-state index contributed by atoms with van der Waals surface area (Å²) >= 11 is 0. The lowest BCUT2D eigenvalue weighted by molar-refractivity contribution is 0.415. The van der Waals surface area contributed by atoms with Crippen LogP contribution < -0.4 is 15.0 Å². The maximum absolute atomic E-state index is 12.5. The summed E-state index contributed by atoms with van der Waals surface area (Å²) in [6.07, 6.45) is 0. The summed E-state index contributed by atoms with van der Waals surface area (Å²) in [4.78, 5) is 7.06. The lowest BCUT2D eigenvalue weighted by Crippen LogP contribution is -2.41. The molecule has 0 saturated heterocycles. The number of benzene rings is 3. The number of sulfonamides is 1.